The number of halogens is 1. The van der Waals surface area contributed by atoms with Gasteiger partial charge in [0.1, 0.15) is 5.82 Å². The van der Waals surface area contributed by atoms with E-state index in [1.807, 2.05) is 18.2 Å². The van der Waals surface area contributed by atoms with Gasteiger partial charge in [0.15, 0.2) is 0 Å². The standard InChI is InChI=1S/C19H16ClN3O2/c20-15-4-5-17-16(9-15)19(24)23(7-1-6-21)18(22-17)12-2-3-13-10-25-11-14(13)8-12/h2-5,8-11H,1,6-7,21H2. The van der Waals surface area contributed by atoms with E-state index in [2.05, 4.69) is 0 Å². The van der Waals surface area contributed by atoms with Crippen molar-refractivity contribution < 1.29 is 4.42 Å². The van der Waals surface area contributed by atoms with Crippen LogP contribution in [0.25, 0.3) is 33.1 Å². The average Bonchev–Trinajstić information content (AvgIpc) is 3.09. The van der Waals surface area contributed by atoms with Crippen molar-refractivity contribution in [3.63, 3.8) is 0 Å². The van der Waals surface area contributed by atoms with Gasteiger partial charge < -0.3 is 10.2 Å². The minimum absolute atomic E-state index is 0.108. The van der Waals surface area contributed by atoms with Gasteiger partial charge in [0.25, 0.3) is 5.56 Å². The molecular formula is C19H16ClN3O2. The smallest absolute Gasteiger partial charge is 0.261 e. The Morgan fingerprint density at radius 2 is 1.96 bits per heavy atom. The lowest BCUT2D eigenvalue weighted by Gasteiger charge is -2.13. The third kappa shape index (κ3) is 2.81. The number of benzene rings is 2. The summed E-state index contributed by atoms with van der Waals surface area (Å²) in [6.45, 7) is 1.00. The maximum atomic E-state index is 13.0. The Kier molecular flexibility index (Phi) is 4.03. The van der Waals surface area contributed by atoms with E-state index in [4.69, 9.17) is 26.7 Å². The normalized spacial score (nSPS) is 11.4. The van der Waals surface area contributed by atoms with Crippen LogP contribution in [0.2, 0.25) is 5.02 Å². The third-order valence-electron chi connectivity index (χ3n) is 4.24. The molecule has 6 heteroatoms. The third-order valence-corrected chi connectivity index (χ3v) is 4.47. The minimum Gasteiger partial charge on any atom is -0.471 e. The summed E-state index contributed by atoms with van der Waals surface area (Å²) in [4.78, 5) is 17.7. The van der Waals surface area contributed by atoms with Crippen LogP contribution >= 0.6 is 11.6 Å². The van der Waals surface area contributed by atoms with Crippen LogP contribution in [-0.2, 0) is 6.54 Å². The zero-order valence-corrected chi connectivity index (χ0v) is 14.2. The summed E-state index contributed by atoms with van der Waals surface area (Å²) in [6.07, 6.45) is 4.06. The second-order valence-electron chi connectivity index (χ2n) is 5.91. The maximum Gasteiger partial charge on any atom is 0.261 e. The Bertz CT molecular complexity index is 1130. The highest BCUT2D eigenvalue weighted by molar-refractivity contribution is 6.31. The zero-order chi connectivity index (χ0) is 17.4. The van der Waals surface area contributed by atoms with Gasteiger partial charge in [0.2, 0.25) is 0 Å². The molecule has 0 bridgehead atoms. The lowest BCUT2D eigenvalue weighted by Crippen LogP contribution is -2.24. The van der Waals surface area contributed by atoms with E-state index in [0.29, 0.717) is 41.3 Å². The van der Waals surface area contributed by atoms with Crippen LogP contribution in [0.4, 0.5) is 0 Å². The highest BCUT2D eigenvalue weighted by Gasteiger charge is 2.14. The zero-order valence-electron chi connectivity index (χ0n) is 13.4. The van der Waals surface area contributed by atoms with Crippen LogP contribution in [0.5, 0.6) is 0 Å². The molecule has 2 aromatic heterocycles. The molecule has 0 radical (unpaired) electrons. The van der Waals surface area contributed by atoms with Gasteiger partial charge in [-0.05, 0) is 37.2 Å². The van der Waals surface area contributed by atoms with E-state index in [-0.39, 0.29) is 5.56 Å². The summed E-state index contributed by atoms with van der Waals surface area (Å²) in [5.41, 5.74) is 7.02. The first-order chi connectivity index (χ1) is 12.2. The monoisotopic (exact) mass is 353 g/mol. The first-order valence-corrected chi connectivity index (χ1v) is 8.41. The van der Waals surface area contributed by atoms with E-state index in [0.717, 1.165) is 16.3 Å². The predicted molar refractivity (Wildman–Crippen MR) is 99.9 cm³/mol. The summed E-state index contributed by atoms with van der Waals surface area (Å²) in [5, 5.41) is 3.00. The Morgan fingerprint density at radius 1 is 1.12 bits per heavy atom. The molecule has 0 aliphatic rings. The van der Waals surface area contributed by atoms with Gasteiger partial charge >= 0.3 is 0 Å². The van der Waals surface area contributed by atoms with Gasteiger partial charge in [-0.25, -0.2) is 4.98 Å². The second-order valence-corrected chi connectivity index (χ2v) is 6.35. The van der Waals surface area contributed by atoms with Crippen molar-refractivity contribution in [2.24, 2.45) is 5.73 Å². The number of rotatable bonds is 4. The molecule has 0 saturated carbocycles. The van der Waals surface area contributed by atoms with Gasteiger partial charge in [0.05, 0.1) is 23.4 Å². The van der Waals surface area contributed by atoms with E-state index in [1.165, 1.54) is 0 Å². The average molecular weight is 354 g/mol. The van der Waals surface area contributed by atoms with Crippen molar-refractivity contribution in [2.75, 3.05) is 6.54 Å². The molecule has 0 aliphatic carbocycles. The molecule has 0 amide bonds. The minimum atomic E-state index is -0.108. The summed E-state index contributed by atoms with van der Waals surface area (Å²) in [5.74, 6) is 0.622. The Balaban J connectivity index is 1.99. The molecule has 4 aromatic rings. The number of hydrogen-bond acceptors (Lipinski definition) is 4. The summed E-state index contributed by atoms with van der Waals surface area (Å²) in [6, 6.07) is 11.0. The van der Waals surface area contributed by atoms with Crippen LogP contribution in [-0.4, -0.2) is 16.1 Å². The molecule has 2 aromatic carbocycles. The SMILES string of the molecule is NCCCn1c(-c2ccc3cocc3c2)nc2ccc(Cl)cc2c1=O. The number of nitrogens with zero attached hydrogens (tertiary/aromatic N) is 2. The molecule has 2 N–H and O–H groups in total. The van der Waals surface area contributed by atoms with Crippen molar-refractivity contribution in [3.05, 3.63) is 64.3 Å². The Labute approximate surface area is 148 Å². The number of furan rings is 1. The predicted octanol–water partition coefficient (Wildman–Crippen LogP) is 3.81. The quantitative estimate of drug-likeness (QED) is 0.605. The summed E-state index contributed by atoms with van der Waals surface area (Å²) < 4.78 is 6.91. The summed E-state index contributed by atoms with van der Waals surface area (Å²) in [7, 11) is 0. The van der Waals surface area contributed by atoms with Gasteiger partial charge in [-0.2, -0.15) is 0 Å². The fourth-order valence-corrected chi connectivity index (χ4v) is 3.15. The molecule has 25 heavy (non-hydrogen) atoms. The fraction of sp³-hybridized carbons (Fsp3) is 0.158. The first kappa shape index (κ1) is 15.9. The molecular weight excluding hydrogens is 338 g/mol. The highest BCUT2D eigenvalue weighted by Crippen LogP contribution is 2.25. The Morgan fingerprint density at radius 3 is 2.80 bits per heavy atom. The van der Waals surface area contributed by atoms with E-state index in [9.17, 15) is 4.79 Å². The number of aromatic nitrogens is 2. The van der Waals surface area contributed by atoms with E-state index in [1.54, 1.807) is 35.3 Å². The van der Waals surface area contributed by atoms with E-state index >= 15 is 0 Å². The lowest BCUT2D eigenvalue weighted by molar-refractivity contribution is 0.572. The van der Waals surface area contributed by atoms with Crippen molar-refractivity contribution in [1.82, 2.24) is 9.55 Å². The van der Waals surface area contributed by atoms with E-state index < -0.39 is 0 Å². The molecule has 2 heterocycles. The van der Waals surface area contributed by atoms with Crippen molar-refractivity contribution >= 4 is 33.3 Å². The molecule has 0 saturated heterocycles. The summed E-state index contributed by atoms with van der Waals surface area (Å²) >= 11 is 6.05. The number of fused-ring (bicyclic) bond motifs is 2. The fourth-order valence-electron chi connectivity index (χ4n) is 2.97. The van der Waals surface area contributed by atoms with Crippen LogP contribution in [0, 0.1) is 0 Å². The highest BCUT2D eigenvalue weighted by atomic mass is 35.5. The van der Waals surface area contributed by atoms with Gasteiger partial charge in [-0.3, -0.25) is 9.36 Å². The van der Waals surface area contributed by atoms with Crippen LogP contribution < -0.4 is 11.3 Å². The molecule has 0 unspecified atom stereocenters. The topological polar surface area (TPSA) is 74.1 Å². The molecule has 126 valence electrons. The molecule has 0 atom stereocenters. The van der Waals surface area contributed by atoms with Crippen LogP contribution in [0.1, 0.15) is 6.42 Å². The van der Waals surface area contributed by atoms with Crippen LogP contribution in [0.15, 0.2) is 58.1 Å². The molecule has 0 spiro atoms. The lowest BCUT2D eigenvalue weighted by atomic mass is 10.1. The molecule has 0 aliphatic heterocycles. The number of hydrogen-bond donors (Lipinski definition) is 1. The second kappa shape index (κ2) is 6.35. The van der Waals surface area contributed by atoms with Gasteiger partial charge in [-0.15, -0.1) is 0 Å². The van der Waals surface area contributed by atoms with Crippen molar-refractivity contribution in [2.45, 2.75) is 13.0 Å². The largest absolute Gasteiger partial charge is 0.471 e. The number of nitrogens with two attached hydrogens (primary N) is 1. The molecule has 4 rings (SSSR count). The van der Waals surface area contributed by atoms with Crippen molar-refractivity contribution in [1.29, 1.82) is 0 Å². The van der Waals surface area contributed by atoms with Gasteiger partial charge in [-0.1, -0.05) is 23.7 Å². The Hall–Kier alpha value is -2.63. The first-order valence-electron chi connectivity index (χ1n) is 8.04. The van der Waals surface area contributed by atoms with Gasteiger partial charge in [0, 0.05) is 27.9 Å². The maximum absolute atomic E-state index is 13.0. The van der Waals surface area contributed by atoms with Crippen molar-refractivity contribution in [3.8, 4) is 11.4 Å². The van der Waals surface area contributed by atoms with Crippen LogP contribution in [0.3, 0.4) is 0 Å². The molecule has 5 nitrogen and oxygen atoms in total. The molecule has 0 fully saturated rings.